The average molecular weight is 323 g/mol. The van der Waals surface area contributed by atoms with Gasteiger partial charge in [0, 0.05) is 0 Å². The number of hydrogen-bond donors (Lipinski definition) is 1. The predicted octanol–water partition coefficient (Wildman–Crippen LogP) is 4.12. The first-order valence-electron chi connectivity index (χ1n) is 8.25. The molecule has 0 spiro atoms. The van der Waals surface area contributed by atoms with Gasteiger partial charge in [-0.25, -0.2) is 4.79 Å². The summed E-state index contributed by atoms with van der Waals surface area (Å²) in [5.41, 5.74) is 2.09. The molecule has 2 radical (unpaired) electrons. The van der Waals surface area contributed by atoms with Gasteiger partial charge in [0.15, 0.2) is 0 Å². The maximum atomic E-state index is 12.1. The van der Waals surface area contributed by atoms with E-state index >= 15 is 0 Å². The van der Waals surface area contributed by atoms with Crippen LogP contribution in [-0.2, 0) is 4.74 Å². The summed E-state index contributed by atoms with van der Waals surface area (Å²) in [7, 11) is 5.74. The molecule has 0 bridgehead atoms. The zero-order valence-electron chi connectivity index (χ0n) is 15.2. The molecule has 0 aromatic heterocycles. The molecular formula is C20H26BNO2. The Bertz CT molecular complexity index is 618. The quantitative estimate of drug-likeness (QED) is 0.863. The first kappa shape index (κ1) is 19.8. The highest BCUT2D eigenvalue weighted by molar-refractivity contribution is 6.32. The van der Waals surface area contributed by atoms with Gasteiger partial charge in [-0.1, -0.05) is 73.9 Å². The third-order valence-corrected chi connectivity index (χ3v) is 3.06. The highest BCUT2D eigenvalue weighted by atomic mass is 16.6. The lowest BCUT2D eigenvalue weighted by molar-refractivity contribution is 0.0512. The Morgan fingerprint density at radius 1 is 0.958 bits per heavy atom. The molecule has 1 N–H and O–H groups in total. The molecule has 0 saturated carbocycles. The standard InChI is InChI=1S/C18H20BNO2.C2H6/c1-18(2,3)22-17(21)20-16(13-7-5-4-6-8-13)14-9-11-15(19)12-10-14;1-2/h4-12,16H,1-3H3,(H,20,21);1-2H3. The normalized spacial score (nSPS) is 11.7. The van der Waals surface area contributed by atoms with E-state index in [0.29, 0.717) is 5.46 Å². The molecule has 1 unspecified atom stereocenters. The molecule has 1 atom stereocenters. The maximum absolute atomic E-state index is 12.1. The number of amides is 1. The van der Waals surface area contributed by atoms with Crippen molar-refractivity contribution in [2.75, 3.05) is 0 Å². The van der Waals surface area contributed by atoms with Gasteiger partial charge in [-0.2, -0.15) is 0 Å². The molecule has 2 rings (SSSR count). The van der Waals surface area contributed by atoms with Crippen molar-refractivity contribution in [1.82, 2.24) is 5.32 Å². The van der Waals surface area contributed by atoms with Crippen LogP contribution in [-0.4, -0.2) is 19.5 Å². The third-order valence-electron chi connectivity index (χ3n) is 3.06. The lowest BCUT2D eigenvalue weighted by atomic mass is 9.92. The minimum atomic E-state index is -0.535. The van der Waals surface area contributed by atoms with Crippen molar-refractivity contribution >= 4 is 19.4 Å². The Kier molecular flexibility index (Phi) is 7.57. The zero-order valence-corrected chi connectivity index (χ0v) is 15.2. The lowest BCUT2D eigenvalue weighted by Crippen LogP contribution is -2.35. The van der Waals surface area contributed by atoms with Crippen LogP contribution in [0, 0.1) is 0 Å². The van der Waals surface area contributed by atoms with Crippen LogP contribution in [0.1, 0.15) is 51.8 Å². The van der Waals surface area contributed by atoms with Crippen LogP contribution in [0.4, 0.5) is 4.79 Å². The van der Waals surface area contributed by atoms with Gasteiger partial charge in [-0.3, -0.25) is 0 Å². The number of benzene rings is 2. The number of alkyl carbamates (subject to hydrolysis) is 1. The molecule has 0 fully saturated rings. The fourth-order valence-corrected chi connectivity index (χ4v) is 2.12. The van der Waals surface area contributed by atoms with E-state index in [0.717, 1.165) is 11.1 Å². The summed E-state index contributed by atoms with van der Waals surface area (Å²) in [6, 6.07) is 16.9. The van der Waals surface area contributed by atoms with Gasteiger partial charge in [0.1, 0.15) is 13.4 Å². The summed E-state index contributed by atoms with van der Waals surface area (Å²) in [4.78, 5) is 12.1. The molecule has 4 heteroatoms. The molecule has 2 aromatic rings. The van der Waals surface area contributed by atoms with Crippen LogP contribution >= 0.6 is 0 Å². The lowest BCUT2D eigenvalue weighted by Gasteiger charge is -2.24. The van der Waals surface area contributed by atoms with Crippen molar-refractivity contribution in [3.8, 4) is 0 Å². The van der Waals surface area contributed by atoms with Gasteiger partial charge >= 0.3 is 6.09 Å². The van der Waals surface area contributed by atoms with E-state index in [9.17, 15) is 4.79 Å². The number of nitrogens with one attached hydrogen (secondary N) is 1. The second-order valence-corrected chi connectivity index (χ2v) is 6.16. The molecule has 3 nitrogen and oxygen atoms in total. The minimum absolute atomic E-state index is 0.281. The van der Waals surface area contributed by atoms with Crippen LogP contribution in [0.3, 0.4) is 0 Å². The molecule has 24 heavy (non-hydrogen) atoms. The van der Waals surface area contributed by atoms with Crippen molar-refractivity contribution in [2.24, 2.45) is 0 Å². The molecule has 0 heterocycles. The smallest absolute Gasteiger partial charge is 0.408 e. The highest BCUT2D eigenvalue weighted by Crippen LogP contribution is 2.22. The molecule has 0 saturated heterocycles. The summed E-state index contributed by atoms with van der Waals surface area (Å²) in [6.45, 7) is 9.52. The maximum Gasteiger partial charge on any atom is 0.408 e. The van der Waals surface area contributed by atoms with Crippen LogP contribution in [0.15, 0.2) is 54.6 Å². The molecule has 126 valence electrons. The van der Waals surface area contributed by atoms with Gasteiger partial charge in [-0.15, -0.1) is 0 Å². The highest BCUT2D eigenvalue weighted by Gasteiger charge is 2.21. The first-order valence-corrected chi connectivity index (χ1v) is 8.25. The molecule has 0 aliphatic carbocycles. The summed E-state index contributed by atoms with van der Waals surface area (Å²) in [6.07, 6.45) is -0.446. The van der Waals surface area contributed by atoms with Crippen molar-refractivity contribution in [3.05, 3.63) is 65.7 Å². The van der Waals surface area contributed by atoms with Crippen LogP contribution < -0.4 is 10.8 Å². The largest absolute Gasteiger partial charge is 0.444 e. The number of carbonyl (C=O) groups is 1. The van der Waals surface area contributed by atoms with E-state index in [1.807, 2.05) is 89.2 Å². The molecule has 2 aromatic carbocycles. The third kappa shape index (κ3) is 6.49. The van der Waals surface area contributed by atoms with Gasteiger partial charge in [0.25, 0.3) is 0 Å². The monoisotopic (exact) mass is 323 g/mol. The molecule has 1 amide bonds. The summed E-state index contributed by atoms with van der Waals surface area (Å²) in [5.74, 6) is 0. The Morgan fingerprint density at radius 2 is 1.46 bits per heavy atom. The Hall–Kier alpha value is -2.23. The zero-order chi connectivity index (χ0) is 18.2. The van der Waals surface area contributed by atoms with Crippen LogP contribution in [0.2, 0.25) is 0 Å². The Balaban J connectivity index is 0.00000139. The summed E-state index contributed by atoms with van der Waals surface area (Å²) < 4.78 is 5.36. The average Bonchev–Trinajstić information content (AvgIpc) is 2.55. The van der Waals surface area contributed by atoms with E-state index < -0.39 is 11.7 Å². The van der Waals surface area contributed by atoms with Crippen molar-refractivity contribution in [3.63, 3.8) is 0 Å². The number of carbonyl (C=O) groups excluding carboxylic acids is 1. The van der Waals surface area contributed by atoms with E-state index in [2.05, 4.69) is 5.32 Å². The van der Waals surface area contributed by atoms with E-state index in [1.54, 1.807) is 0 Å². The van der Waals surface area contributed by atoms with E-state index in [1.165, 1.54) is 0 Å². The summed E-state index contributed by atoms with van der Waals surface area (Å²) >= 11 is 0. The van der Waals surface area contributed by atoms with E-state index in [4.69, 9.17) is 12.6 Å². The number of ether oxygens (including phenoxy) is 1. The molecule has 0 aliphatic rings. The minimum Gasteiger partial charge on any atom is -0.444 e. The van der Waals surface area contributed by atoms with Gasteiger partial charge < -0.3 is 10.1 Å². The fourth-order valence-electron chi connectivity index (χ4n) is 2.12. The summed E-state index contributed by atoms with van der Waals surface area (Å²) in [5, 5.41) is 2.92. The van der Waals surface area contributed by atoms with Crippen molar-refractivity contribution in [2.45, 2.75) is 46.3 Å². The number of hydrogen-bond acceptors (Lipinski definition) is 2. The molecular weight excluding hydrogens is 297 g/mol. The van der Waals surface area contributed by atoms with Gasteiger partial charge in [-0.05, 0) is 31.9 Å². The Labute approximate surface area is 146 Å². The second kappa shape index (κ2) is 9.16. The second-order valence-electron chi connectivity index (χ2n) is 6.16. The van der Waals surface area contributed by atoms with E-state index in [-0.39, 0.29) is 6.04 Å². The van der Waals surface area contributed by atoms with Crippen LogP contribution in [0.5, 0.6) is 0 Å². The first-order chi connectivity index (χ1) is 11.3. The molecule has 0 aliphatic heterocycles. The SMILES string of the molecule is CC.[B]c1ccc(C(NC(=O)OC(C)(C)C)c2ccccc2)cc1. The van der Waals surface area contributed by atoms with Gasteiger partial charge in [0.05, 0.1) is 6.04 Å². The van der Waals surface area contributed by atoms with Gasteiger partial charge in [0.2, 0.25) is 0 Å². The fraction of sp³-hybridized carbons (Fsp3) is 0.350. The van der Waals surface area contributed by atoms with Crippen molar-refractivity contribution < 1.29 is 9.53 Å². The number of rotatable bonds is 3. The van der Waals surface area contributed by atoms with Crippen LogP contribution in [0.25, 0.3) is 0 Å². The Morgan fingerprint density at radius 3 is 1.96 bits per heavy atom. The predicted molar refractivity (Wildman–Crippen MR) is 101 cm³/mol. The topological polar surface area (TPSA) is 38.3 Å². The van der Waals surface area contributed by atoms with Crippen molar-refractivity contribution in [1.29, 1.82) is 0 Å².